The first kappa shape index (κ1) is 20.9. The molecule has 1 N–H and O–H groups in total. The van der Waals surface area contributed by atoms with Gasteiger partial charge >= 0.3 is 6.18 Å². The van der Waals surface area contributed by atoms with E-state index < -0.39 is 11.7 Å². The number of benzene rings is 2. The lowest BCUT2D eigenvalue weighted by molar-refractivity contribution is -0.138. The molecule has 0 bridgehead atoms. The normalized spacial score (nSPS) is 16.9. The molecule has 0 saturated heterocycles. The summed E-state index contributed by atoms with van der Waals surface area (Å²) in [6, 6.07) is 12.0. The lowest BCUT2D eigenvalue weighted by Gasteiger charge is -2.26. The molecule has 3 rings (SSSR count). The van der Waals surface area contributed by atoms with Gasteiger partial charge in [0, 0.05) is 11.8 Å². The van der Waals surface area contributed by atoms with E-state index in [4.69, 9.17) is 0 Å². The first-order valence-electron chi connectivity index (χ1n) is 9.72. The van der Waals surface area contributed by atoms with Gasteiger partial charge in [-0.2, -0.15) is 13.2 Å². The summed E-state index contributed by atoms with van der Waals surface area (Å²) in [6.07, 6.45) is 5.28. The molecule has 1 amide bonds. The summed E-state index contributed by atoms with van der Waals surface area (Å²) in [5.74, 6) is 0.117. The van der Waals surface area contributed by atoms with Crippen molar-refractivity contribution in [1.82, 2.24) is 0 Å². The minimum Gasteiger partial charge on any atom is -0.322 e. The number of carbonyl (C=O) groups is 1. The highest BCUT2D eigenvalue weighted by atomic mass is 19.4. The first-order chi connectivity index (χ1) is 13.8. The third-order valence-corrected chi connectivity index (χ3v) is 5.26. The van der Waals surface area contributed by atoms with Gasteiger partial charge in [0.2, 0.25) is 5.91 Å². The number of para-hydroxylation sites is 1. The molecule has 2 nitrogen and oxygen atoms in total. The zero-order valence-electron chi connectivity index (χ0n) is 16.3. The second-order valence-corrected chi connectivity index (χ2v) is 7.38. The Labute approximate surface area is 169 Å². The number of carbonyl (C=O) groups excluding carboxylic acids is 1. The maximum absolute atomic E-state index is 13.1. The monoisotopic (exact) mass is 399 g/mol. The predicted octanol–water partition coefficient (Wildman–Crippen LogP) is 6.26. The molecule has 1 atom stereocenters. The van der Waals surface area contributed by atoms with Gasteiger partial charge in [0.1, 0.15) is 0 Å². The number of hydrogen-bond acceptors (Lipinski definition) is 1. The van der Waals surface area contributed by atoms with Crippen molar-refractivity contribution in [3.8, 4) is 0 Å². The molecule has 0 aromatic heterocycles. The van der Waals surface area contributed by atoms with Crippen LogP contribution in [0.15, 0.2) is 66.8 Å². The molecule has 0 spiro atoms. The van der Waals surface area contributed by atoms with Crippen LogP contribution < -0.4 is 5.32 Å². The molecule has 0 radical (unpaired) electrons. The smallest absolute Gasteiger partial charge is 0.322 e. The molecule has 1 aliphatic rings. The number of amides is 1. The number of nitrogens with one attached hydrogen (secondary N) is 1. The Hall–Kier alpha value is -2.82. The molecule has 0 saturated carbocycles. The number of halogens is 3. The summed E-state index contributed by atoms with van der Waals surface area (Å²) in [6.45, 7) is 1.93. The van der Waals surface area contributed by atoms with Crippen LogP contribution in [0, 0.1) is 12.8 Å². The zero-order valence-corrected chi connectivity index (χ0v) is 16.3. The number of allylic oxidation sites excluding steroid dienone is 3. The van der Waals surface area contributed by atoms with Crippen LogP contribution in [0.4, 0.5) is 18.9 Å². The minimum absolute atomic E-state index is 0.199. The highest BCUT2D eigenvalue weighted by molar-refractivity contribution is 5.99. The van der Waals surface area contributed by atoms with E-state index in [1.165, 1.54) is 18.2 Å². The Morgan fingerprint density at radius 2 is 1.93 bits per heavy atom. The predicted molar refractivity (Wildman–Crippen MR) is 110 cm³/mol. The number of aryl methyl sites for hydroxylation is 1. The van der Waals surface area contributed by atoms with Crippen LogP contribution in [0.3, 0.4) is 0 Å². The Kier molecular flexibility index (Phi) is 6.57. The van der Waals surface area contributed by atoms with Crippen LogP contribution in [0.25, 0.3) is 0 Å². The summed E-state index contributed by atoms with van der Waals surface area (Å²) >= 11 is 0. The van der Waals surface area contributed by atoms with E-state index in [0.717, 1.165) is 29.7 Å². The van der Waals surface area contributed by atoms with Crippen LogP contribution in [0.5, 0.6) is 0 Å². The van der Waals surface area contributed by atoms with E-state index in [1.54, 1.807) is 12.1 Å². The average Bonchev–Trinajstić information content (AvgIpc) is 2.68. The van der Waals surface area contributed by atoms with Crippen molar-refractivity contribution in [3.05, 3.63) is 89.0 Å². The second kappa shape index (κ2) is 9.12. The lowest BCUT2D eigenvalue weighted by atomic mass is 9.80. The quantitative estimate of drug-likeness (QED) is 0.467. The summed E-state index contributed by atoms with van der Waals surface area (Å²) in [5, 5.41) is 2.83. The summed E-state index contributed by atoms with van der Waals surface area (Å²) in [7, 11) is 0. The maximum Gasteiger partial charge on any atom is 0.416 e. The Morgan fingerprint density at radius 3 is 2.69 bits per heavy atom. The fraction of sp³-hybridized carbons (Fsp3) is 0.292. The second-order valence-electron chi connectivity index (χ2n) is 7.38. The number of rotatable bonds is 5. The number of anilines is 1. The topological polar surface area (TPSA) is 29.1 Å². The molecule has 5 heteroatoms. The number of fused-ring (bicyclic) bond motifs is 1. The van der Waals surface area contributed by atoms with Crippen molar-refractivity contribution in [3.63, 3.8) is 0 Å². The highest BCUT2D eigenvalue weighted by Gasteiger charge is 2.35. The maximum atomic E-state index is 13.1. The number of hydrogen-bond donors (Lipinski definition) is 1. The first-order valence-corrected chi connectivity index (χ1v) is 9.72. The van der Waals surface area contributed by atoms with E-state index >= 15 is 0 Å². The number of alkyl halides is 3. The van der Waals surface area contributed by atoms with Crippen LogP contribution >= 0.6 is 0 Å². The molecule has 29 heavy (non-hydrogen) atoms. The molecule has 1 unspecified atom stereocenters. The van der Waals surface area contributed by atoms with Crippen LogP contribution in [0.2, 0.25) is 0 Å². The van der Waals surface area contributed by atoms with Gasteiger partial charge in [-0.3, -0.25) is 4.79 Å². The lowest BCUT2D eigenvalue weighted by Crippen LogP contribution is -2.19. The van der Waals surface area contributed by atoms with Gasteiger partial charge in [0.05, 0.1) is 5.56 Å². The molecule has 0 heterocycles. The molecular weight excluding hydrogens is 375 g/mol. The average molecular weight is 399 g/mol. The fourth-order valence-electron chi connectivity index (χ4n) is 3.73. The van der Waals surface area contributed by atoms with Crippen LogP contribution in [0.1, 0.15) is 35.1 Å². The summed E-state index contributed by atoms with van der Waals surface area (Å²) in [4.78, 5) is 12.0. The van der Waals surface area contributed by atoms with Crippen LogP contribution in [-0.2, 0) is 23.8 Å². The molecule has 0 fully saturated rings. The summed E-state index contributed by atoms with van der Waals surface area (Å²) < 4.78 is 39.4. The molecule has 0 aliphatic heterocycles. The van der Waals surface area contributed by atoms with Gasteiger partial charge < -0.3 is 5.32 Å². The van der Waals surface area contributed by atoms with E-state index in [1.807, 2.05) is 43.3 Å². The van der Waals surface area contributed by atoms with Crippen molar-refractivity contribution in [2.24, 2.45) is 5.92 Å². The van der Waals surface area contributed by atoms with Gasteiger partial charge in [-0.05, 0) is 67.3 Å². The zero-order chi connectivity index (χ0) is 20.9. The Bertz CT molecular complexity index is 928. The molecule has 1 aliphatic carbocycles. The van der Waals surface area contributed by atoms with Gasteiger partial charge in [-0.15, -0.1) is 0 Å². The standard InChI is InChI=1S/C24H24F3NO/c1-17-8-5-6-12-22(17)28-23(29)13-4-2-3-9-18-14-15-20-19(16-18)10-7-11-21(20)24(25,26)27/h2-8,10-13,18H,9,14-16H2,1H3,(H,28,29). The molecule has 2 aromatic carbocycles. The largest absolute Gasteiger partial charge is 0.416 e. The van der Waals surface area contributed by atoms with Crippen molar-refractivity contribution in [2.75, 3.05) is 5.32 Å². The van der Waals surface area contributed by atoms with Gasteiger partial charge in [0.15, 0.2) is 0 Å². The van der Waals surface area contributed by atoms with Gasteiger partial charge in [0.25, 0.3) is 0 Å². The minimum atomic E-state index is -4.29. The van der Waals surface area contributed by atoms with Crippen molar-refractivity contribution in [1.29, 1.82) is 0 Å². The van der Waals surface area contributed by atoms with Crippen molar-refractivity contribution >= 4 is 11.6 Å². The van der Waals surface area contributed by atoms with E-state index in [9.17, 15) is 18.0 Å². The van der Waals surface area contributed by atoms with Gasteiger partial charge in [-0.25, -0.2) is 0 Å². The molecule has 152 valence electrons. The van der Waals surface area contributed by atoms with Crippen molar-refractivity contribution in [2.45, 2.75) is 38.8 Å². The van der Waals surface area contributed by atoms with Crippen molar-refractivity contribution < 1.29 is 18.0 Å². The molecule has 2 aromatic rings. The van der Waals surface area contributed by atoms with E-state index in [-0.39, 0.29) is 5.91 Å². The highest BCUT2D eigenvalue weighted by Crippen LogP contribution is 2.38. The Morgan fingerprint density at radius 1 is 1.14 bits per heavy atom. The third-order valence-electron chi connectivity index (χ3n) is 5.26. The van der Waals surface area contributed by atoms with E-state index in [0.29, 0.717) is 24.3 Å². The Balaban J connectivity index is 1.51. The molecular formula is C24H24F3NO. The van der Waals surface area contributed by atoms with Crippen LogP contribution in [-0.4, -0.2) is 5.91 Å². The van der Waals surface area contributed by atoms with Gasteiger partial charge in [-0.1, -0.05) is 48.6 Å². The fourth-order valence-corrected chi connectivity index (χ4v) is 3.73. The third kappa shape index (κ3) is 5.59. The summed E-state index contributed by atoms with van der Waals surface area (Å²) in [5.41, 5.74) is 2.54. The SMILES string of the molecule is Cc1ccccc1NC(=O)C=CC=CCC1CCc2c(cccc2C(F)(F)F)C1. The van der Waals surface area contributed by atoms with E-state index in [2.05, 4.69) is 5.32 Å².